The quantitative estimate of drug-likeness (QED) is 0.00475. The van der Waals surface area contributed by atoms with E-state index in [-0.39, 0.29) is 50.5 Å². The van der Waals surface area contributed by atoms with Crippen molar-refractivity contribution in [3.05, 3.63) is 88.1 Å². The van der Waals surface area contributed by atoms with Crippen LogP contribution in [0.2, 0.25) is 0 Å². The van der Waals surface area contributed by atoms with Crippen LogP contribution in [0.1, 0.15) is 95.7 Å². The Kier molecular flexibility index (Phi) is 24.3. The van der Waals surface area contributed by atoms with Gasteiger partial charge < -0.3 is 55.7 Å². The van der Waals surface area contributed by atoms with Crippen LogP contribution in [-0.4, -0.2) is 145 Å². The van der Waals surface area contributed by atoms with Gasteiger partial charge in [-0.05, 0) is 135 Å². The molecule has 2 aliphatic heterocycles. The van der Waals surface area contributed by atoms with Gasteiger partial charge in [0, 0.05) is 82.9 Å². The van der Waals surface area contributed by atoms with Gasteiger partial charge in [-0.15, -0.1) is 20.5 Å². The minimum atomic E-state index is -4.61. The predicted octanol–water partition coefficient (Wildman–Crippen LogP) is 11.6. The van der Waals surface area contributed by atoms with Gasteiger partial charge in [-0.2, -0.15) is 31.8 Å². The Morgan fingerprint density at radius 1 is 0.653 bits per heavy atom. The van der Waals surface area contributed by atoms with Crippen molar-refractivity contribution in [3.8, 4) is 11.5 Å². The number of Topliss-reactive ketones (excluding diaryl/α,β-unsaturated/α-hetero) is 2. The number of carbonyl (C=O) groups excluding carboxylic acids is 4. The Morgan fingerprint density at radius 3 is 1.59 bits per heavy atom. The molecule has 6 aromatic rings. The van der Waals surface area contributed by atoms with E-state index in [0.29, 0.717) is 108 Å². The summed E-state index contributed by atoms with van der Waals surface area (Å²) in [5.74, 6) is -2.60. The Balaban J connectivity index is 1.14. The molecule has 95 heavy (non-hydrogen) atoms. The summed E-state index contributed by atoms with van der Waals surface area (Å²) in [7, 11) is -4.53. The molecule has 4 heterocycles. The van der Waals surface area contributed by atoms with E-state index in [1.807, 2.05) is 43.6 Å². The number of carbonyl (C=O) groups is 4. The number of hydrogen-bond donors (Lipinski definition) is 8. The highest BCUT2D eigenvalue weighted by atomic mass is 32.2. The van der Waals surface area contributed by atoms with E-state index in [4.69, 9.17) is 24.6 Å². The maximum atomic E-state index is 14.1. The molecule has 33 heteroatoms. The smallest absolute Gasteiger partial charge is 0.294 e. The molecule has 0 radical (unpaired) electrons. The molecule has 0 saturated carbocycles. The Hall–Kier alpha value is -9.28. The van der Waals surface area contributed by atoms with Gasteiger partial charge >= 0.3 is 0 Å². The Labute approximate surface area is 559 Å². The minimum Gasteiger partial charge on any atom is -0.494 e. The molecule has 8 rings (SSSR count). The number of piperidine rings is 2. The van der Waals surface area contributed by atoms with Crippen molar-refractivity contribution in [2.45, 2.75) is 95.8 Å². The van der Waals surface area contributed by atoms with Crippen LogP contribution in [0.5, 0.6) is 11.5 Å². The minimum absolute atomic E-state index is 0.0290. The van der Waals surface area contributed by atoms with Crippen molar-refractivity contribution in [1.82, 2.24) is 15.3 Å². The van der Waals surface area contributed by atoms with Crippen LogP contribution < -0.4 is 55.7 Å². The molecule has 1 unspecified atom stereocenters. The molecule has 2 fully saturated rings. The fraction of sp³-hybridized carbons (Fsp3) is 0.387. The Morgan fingerprint density at radius 2 is 1.13 bits per heavy atom. The second kappa shape index (κ2) is 32.2. The number of anilines is 8. The number of methoxy groups -OCH3 is 2. The number of ether oxygens (including phenoxy) is 2. The predicted molar refractivity (Wildman–Crippen MR) is 371 cm³/mol. The molecule has 0 bridgehead atoms. The highest BCUT2D eigenvalue weighted by Gasteiger charge is 2.34. The standard InChI is InChI=1S/C62H77N17O12S4/c1-10-76(11-2)48-33-44(46(35-50(48)90-8)72-74-61-69-55(78-26-16-14-17-27-78)52(92-61)32-43(37(5)80)57(82)65-39-22-20-24-41(30-39)94(84,85)86)67-59(63)71-60(64-7)68-45-34-49(77(12-3)13-4)51(91-9)36-47(45)73-75-62-70-56(79-28-18-15-19-29-79)54(93-62)53(38(6)81)58(83)66-40-23-21-25-42(31-40)95(87,88)89/h20-25,30-36,53H,10-19,26-29H2,1-9H3,(H,65,82)(H,66,83)(H,84,85,86)(H,87,88,89)(H4,63,64,67,68,71)/b43-32+,74-72+,75-73+. The maximum absolute atomic E-state index is 14.1. The molecule has 2 saturated heterocycles. The summed E-state index contributed by atoms with van der Waals surface area (Å²) >= 11 is 2.07. The number of azo groups is 2. The highest BCUT2D eigenvalue weighted by Crippen LogP contribution is 2.45. The largest absolute Gasteiger partial charge is 0.494 e. The van der Waals surface area contributed by atoms with Crippen molar-refractivity contribution in [3.63, 3.8) is 0 Å². The van der Waals surface area contributed by atoms with E-state index < -0.39 is 59.3 Å². The number of ketones is 2. The zero-order chi connectivity index (χ0) is 68.7. The van der Waals surface area contributed by atoms with Crippen LogP contribution in [0.3, 0.4) is 0 Å². The molecule has 4 aromatic carbocycles. The number of aliphatic imine (C=N–C) groups is 1. The number of aromatic nitrogens is 2. The molecule has 2 aromatic heterocycles. The summed E-state index contributed by atoms with van der Waals surface area (Å²) < 4.78 is 78.8. The SMILES string of the molecule is CCN(CC)c1cc(NC(=N)/N=C(\NC)Nc2cc(N(CC)CC)c(OC)cc2/N=N/c2nc(N3CCCCC3)c(C(C(C)=O)C(=O)Nc3cccc(S(=O)(=O)O)c3)s2)c(/N=N/c2nc(N3CCCCC3)c(/C=C(\C(C)=O)C(=O)Nc3cccc(S(=O)(=O)O)c3)s2)cc1OC. The zero-order valence-corrected chi connectivity index (χ0v) is 57.3. The first-order chi connectivity index (χ1) is 45.4. The fourth-order valence-electron chi connectivity index (χ4n) is 10.7. The summed E-state index contributed by atoms with van der Waals surface area (Å²) in [6.07, 6.45) is 6.80. The van der Waals surface area contributed by atoms with Crippen LogP contribution in [0.15, 0.2) is 114 Å². The average molecular weight is 1380 g/mol. The second-order valence-electron chi connectivity index (χ2n) is 21.7. The zero-order valence-electron chi connectivity index (χ0n) is 54.0. The van der Waals surface area contributed by atoms with E-state index >= 15 is 0 Å². The maximum Gasteiger partial charge on any atom is 0.294 e. The molecular formula is C62H77N17O12S4. The van der Waals surface area contributed by atoms with Crippen molar-refractivity contribution in [2.24, 2.45) is 25.4 Å². The molecule has 1 atom stereocenters. The van der Waals surface area contributed by atoms with Gasteiger partial charge in [0.2, 0.25) is 28.1 Å². The summed E-state index contributed by atoms with van der Waals surface area (Å²) in [4.78, 5) is 77.0. The first-order valence-corrected chi connectivity index (χ1v) is 35.1. The lowest BCUT2D eigenvalue weighted by molar-refractivity contribution is -0.126. The van der Waals surface area contributed by atoms with Crippen molar-refractivity contribution >= 4 is 152 Å². The van der Waals surface area contributed by atoms with Crippen LogP contribution in [0.4, 0.5) is 67.4 Å². The number of benzene rings is 4. The average Bonchev–Trinajstić information content (AvgIpc) is 1.78. The van der Waals surface area contributed by atoms with E-state index in [0.717, 1.165) is 79.4 Å². The lowest BCUT2D eigenvalue weighted by atomic mass is 10.0. The van der Waals surface area contributed by atoms with Gasteiger partial charge in [0.25, 0.3) is 26.1 Å². The van der Waals surface area contributed by atoms with Crippen LogP contribution in [0, 0.1) is 5.41 Å². The molecular weight excluding hydrogens is 1300 g/mol. The molecule has 506 valence electrons. The number of guanidine groups is 2. The summed E-state index contributed by atoms with van der Waals surface area (Å²) in [6, 6.07) is 17.0. The number of thiazole rings is 2. The van der Waals surface area contributed by atoms with Gasteiger partial charge in [0.1, 0.15) is 46.2 Å². The number of nitrogens with zero attached hydrogens (tertiary/aromatic N) is 11. The summed E-state index contributed by atoms with van der Waals surface area (Å²) in [5, 5.41) is 42.8. The highest BCUT2D eigenvalue weighted by molar-refractivity contribution is 7.86. The monoisotopic (exact) mass is 1380 g/mol. The fourth-order valence-corrected chi connectivity index (χ4v) is 13.6. The van der Waals surface area contributed by atoms with Crippen molar-refractivity contribution in [1.29, 1.82) is 5.41 Å². The van der Waals surface area contributed by atoms with Gasteiger partial charge in [0.05, 0.1) is 62.1 Å². The van der Waals surface area contributed by atoms with E-state index in [2.05, 4.69) is 56.7 Å². The number of hydrogen-bond acceptors (Lipinski definition) is 23. The van der Waals surface area contributed by atoms with Crippen LogP contribution >= 0.6 is 22.7 Å². The van der Waals surface area contributed by atoms with E-state index in [1.54, 1.807) is 25.2 Å². The normalized spacial score (nSPS) is 14.3. The first-order valence-electron chi connectivity index (χ1n) is 30.6. The van der Waals surface area contributed by atoms with Gasteiger partial charge in [0.15, 0.2) is 5.78 Å². The number of nitrogens with one attached hydrogen (secondary N) is 6. The van der Waals surface area contributed by atoms with Crippen LogP contribution in [0.25, 0.3) is 6.08 Å². The van der Waals surface area contributed by atoms with Crippen molar-refractivity contribution < 1.29 is 54.6 Å². The topological polar surface area (TPSA) is 380 Å². The molecule has 2 amide bonds. The molecule has 0 aliphatic carbocycles. The third-order valence-corrected chi connectivity index (χ3v) is 19.0. The van der Waals surface area contributed by atoms with Crippen molar-refractivity contribution in [2.75, 3.05) is 114 Å². The van der Waals surface area contributed by atoms with Gasteiger partial charge in [-0.25, -0.2) is 0 Å². The summed E-state index contributed by atoms with van der Waals surface area (Å²) in [6.45, 7) is 15.4. The Bertz CT molecular complexity index is 4190. The van der Waals surface area contributed by atoms with E-state index in [9.17, 15) is 50.5 Å². The molecule has 0 spiro atoms. The number of rotatable bonds is 26. The third kappa shape index (κ3) is 18.1. The molecule has 2 aliphatic rings. The third-order valence-electron chi connectivity index (χ3n) is 15.4. The second-order valence-corrected chi connectivity index (χ2v) is 26.6. The lowest BCUT2D eigenvalue weighted by Gasteiger charge is -2.28. The van der Waals surface area contributed by atoms with Gasteiger partial charge in [-0.1, -0.05) is 34.8 Å². The number of amides is 2. The molecule has 29 nitrogen and oxygen atoms in total. The molecule has 8 N–H and O–H groups in total. The summed E-state index contributed by atoms with van der Waals surface area (Å²) in [5.41, 5.74) is 2.31. The first kappa shape index (κ1) is 71.6. The van der Waals surface area contributed by atoms with Gasteiger partial charge in [-0.3, -0.25) is 33.7 Å². The lowest BCUT2D eigenvalue weighted by Crippen LogP contribution is -2.32. The van der Waals surface area contributed by atoms with E-state index in [1.165, 1.54) is 64.5 Å². The van der Waals surface area contributed by atoms with Crippen LogP contribution in [-0.2, 0) is 39.4 Å².